The molecule has 7 heteroatoms. The Morgan fingerprint density at radius 1 is 1.39 bits per heavy atom. The average Bonchev–Trinajstić information content (AvgIpc) is 2.75. The van der Waals surface area contributed by atoms with Gasteiger partial charge in [-0.1, -0.05) is 0 Å². The molecule has 0 aliphatic carbocycles. The molecule has 0 atom stereocenters. The third kappa shape index (κ3) is 4.38. The molecule has 0 bridgehead atoms. The zero-order valence-electron chi connectivity index (χ0n) is 9.85. The number of urea groups is 1. The molecular weight excluding hydrogens is 288 g/mol. The Kier molecular flexibility index (Phi) is 5.23. The summed E-state index contributed by atoms with van der Waals surface area (Å²) in [4.78, 5) is 11.6. The van der Waals surface area contributed by atoms with Crippen molar-refractivity contribution in [1.29, 1.82) is 0 Å². The molecule has 1 aliphatic rings. The Morgan fingerprint density at radius 3 is 2.72 bits per heavy atom. The molecule has 1 saturated heterocycles. The van der Waals surface area contributed by atoms with Crippen molar-refractivity contribution in [1.82, 2.24) is 5.32 Å². The van der Waals surface area contributed by atoms with Gasteiger partial charge in [-0.2, -0.15) is 23.5 Å². The summed E-state index contributed by atoms with van der Waals surface area (Å²) in [5.41, 5.74) is -0.793. The number of carbonyl (C=O) groups is 1. The van der Waals surface area contributed by atoms with Gasteiger partial charge in [0.05, 0.1) is 10.6 Å². The van der Waals surface area contributed by atoms with E-state index in [0.29, 0.717) is 18.1 Å². The van der Waals surface area contributed by atoms with E-state index in [1.165, 1.54) is 11.3 Å². The summed E-state index contributed by atoms with van der Waals surface area (Å²) in [6, 6.07) is 3.47. The van der Waals surface area contributed by atoms with Crippen LogP contribution in [0.1, 0.15) is 0 Å². The van der Waals surface area contributed by atoms with Gasteiger partial charge in [-0.05, 0) is 17.5 Å². The third-order valence-electron chi connectivity index (χ3n) is 2.45. The summed E-state index contributed by atoms with van der Waals surface area (Å²) in [6.07, 6.45) is 0. The number of nitrogens with one attached hydrogen (secondary N) is 2. The number of thioether (sulfide) groups is 2. The maximum atomic E-state index is 11.6. The highest BCUT2D eigenvalue weighted by Gasteiger charge is 2.29. The standard InChI is InChI=1S/C11H16N2O2S3/c14-10(13-9-2-1-3-18-9)12-6-11(15)7-16-4-5-17-8-11/h1-3,15H,4-8H2,(H2,12,13,14). The van der Waals surface area contributed by atoms with E-state index in [1.807, 2.05) is 17.5 Å². The molecule has 2 heterocycles. The number of thiophene rings is 1. The van der Waals surface area contributed by atoms with Crippen LogP contribution in [0.2, 0.25) is 0 Å². The molecular formula is C11H16N2O2S3. The van der Waals surface area contributed by atoms with Gasteiger partial charge in [0.2, 0.25) is 0 Å². The van der Waals surface area contributed by atoms with E-state index in [0.717, 1.165) is 16.5 Å². The average molecular weight is 304 g/mol. The first-order valence-corrected chi connectivity index (χ1v) is 8.83. The van der Waals surface area contributed by atoms with Crippen molar-refractivity contribution in [3.63, 3.8) is 0 Å². The van der Waals surface area contributed by atoms with Crippen LogP contribution in [-0.2, 0) is 0 Å². The first-order valence-electron chi connectivity index (χ1n) is 5.64. The quantitative estimate of drug-likeness (QED) is 0.800. The predicted molar refractivity (Wildman–Crippen MR) is 80.9 cm³/mol. The molecule has 1 fully saturated rings. The van der Waals surface area contributed by atoms with Crippen LogP contribution in [0.4, 0.5) is 9.80 Å². The Labute approximate surface area is 119 Å². The lowest BCUT2D eigenvalue weighted by Gasteiger charge is -2.25. The lowest BCUT2D eigenvalue weighted by atomic mass is 10.1. The van der Waals surface area contributed by atoms with Crippen LogP contribution in [0.15, 0.2) is 17.5 Å². The summed E-state index contributed by atoms with van der Waals surface area (Å²) >= 11 is 4.95. The van der Waals surface area contributed by atoms with Crippen LogP contribution >= 0.6 is 34.9 Å². The second-order valence-corrected chi connectivity index (χ2v) is 7.27. The maximum Gasteiger partial charge on any atom is 0.319 e. The number of aliphatic hydroxyl groups is 1. The third-order valence-corrected chi connectivity index (χ3v) is 5.96. The van der Waals surface area contributed by atoms with Crippen LogP contribution in [0.5, 0.6) is 0 Å². The van der Waals surface area contributed by atoms with Gasteiger partial charge in [0, 0.05) is 29.6 Å². The summed E-state index contributed by atoms with van der Waals surface area (Å²) in [5, 5.41) is 18.5. The highest BCUT2D eigenvalue weighted by atomic mass is 32.2. The molecule has 0 unspecified atom stereocenters. The molecule has 1 aliphatic heterocycles. The van der Waals surface area contributed by atoms with Gasteiger partial charge in [-0.3, -0.25) is 5.32 Å². The second-order valence-electron chi connectivity index (χ2n) is 4.11. The fourth-order valence-electron chi connectivity index (χ4n) is 1.54. The van der Waals surface area contributed by atoms with Gasteiger partial charge < -0.3 is 10.4 Å². The lowest BCUT2D eigenvalue weighted by molar-refractivity contribution is 0.0929. The normalized spacial score (nSPS) is 18.9. The first-order chi connectivity index (χ1) is 8.68. The van der Waals surface area contributed by atoms with Gasteiger partial charge in [0.1, 0.15) is 0 Å². The van der Waals surface area contributed by atoms with Crippen LogP contribution in [0.3, 0.4) is 0 Å². The van der Waals surface area contributed by atoms with Gasteiger partial charge in [-0.25, -0.2) is 4.79 Å². The molecule has 4 nitrogen and oxygen atoms in total. The minimum atomic E-state index is -0.793. The number of carbonyl (C=O) groups excluding carboxylic acids is 1. The molecule has 2 rings (SSSR count). The smallest absolute Gasteiger partial charge is 0.319 e. The van der Waals surface area contributed by atoms with E-state index in [2.05, 4.69) is 10.6 Å². The molecule has 2 amide bonds. The minimum Gasteiger partial charge on any atom is -0.386 e. The number of hydrogen-bond donors (Lipinski definition) is 3. The van der Waals surface area contributed by atoms with E-state index in [-0.39, 0.29) is 6.03 Å². The Bertz CT molecular complexity index is 376. The Balaban J connectivity index is 1.77. The Morgan fingerprint density at radius 2 is 2.11 bits per heavy atom. The Hall–Kier alpha value is -0.370. The fourth-order valence-corrected chi connectivity index (χ4v) is 4.68. The van der Waals surface area contributed by atoms with Crippen LogP contribution < -0.4 is 10.6 Å². The molecule has 0 radical (unpaired) electrons. The monoisotopic (exact) mass is 304 g/mol. The first kappa shape index (κ1) is 14.0. The van der Waals surface area contributed by atoms with Gasteiger partial charge in [-0.15, -0.1) is 11.3 Å². The number of anilines is 1. The zero-order chi connectivity index (χ0) is 12.8. The van der Waals surface area contributed by atoms with E-state index in [9.17, 15) is 9.90 Å². The van der Waals surface area contributed by atoms with Crippen molar-refractivity contribution in [3.8, 4) is 0 Å². The van der Waals surface area contributed by atoms with Crippen molar-refractivity contribution >= 4 is 45.9 Å². The molecule has 3 N–H and O–H groups in total. The van der Waals surface area contributed by atoms with E-state index < -0.39 is 5.60 Å². The topological polar surface area (TPSA) is 61.4 Å². The second kappa shape index (κ2) is 6.70. The summed E-state index contributed by atoms with van der Waals surface area (Å²) in [6.45, 7) is 0.296. The zero-order valence-corrected chi connectivity index (χ0v) is 12.3. The van der Waals surface area contributed by atoms with E-state index in [1.54, 1.807) is 23.5 Å². The number of hydrogen-bond acceptors (Lipinski definition) is 5. The van der Waals surface area contributed by atoms with Crippen molar-refractivity contribution in [2.45, 2.75) is 5.60 Å². The molecule has 100 valence electrons. The lowest BCUT2D eigenvalue weighted by Crippen LogP contribution is -2.47. The maximum absolute atomic E-state index is 11.6. The predicted octanol–water partition coefficient (Wildman–Crippen LogP) is 2.08. The van der Waals surface area contributed by atoms with Crippen molar-refractivity contribution in [3.05, 3.63) is 17.5 Å². The van der Waals surface area contributed by atoms with Crippen molar-refractivity contribution in [2.75, 3.05) is 34.9 Å². The molecule has 0 aromatic carbocycles. The van der Waals surface area contributed by atoms with Gasteiger partial charge in [0.15, 0.2) is 0 Å². The van der Waals surface area contributed by atoms with Crippen molar-refractivity contribution in [2.24, 2.45) is 0 Å². The summed E-state index contributed by atoms with van der Waals surface area (Å²) in [7, 11) is 0. The molecule has 0 saturated carbocycles. The molecule has 0 spiro atoms. The number of rotatable bonds is 3. The largest absolute Gasteiger partial charge is 0.386 e. The minimum absolute atomic E-state index is 0.259. The summed E-state index contributed by atoms with van der Waals surface area (Å²) in [5.74, 6) is 3.49. The highest BCUT2D eigenvalue weighted by Crippen LogP contribution is 2.24. The molecule has 1 aromatic heterocycles. The van der Waals surface area contributed by atoms with E-state index >= 15 is 0 Å². The van der Waals surface area contributed by atoms with Crippen LogP contribution in [0, 0.1) is 0 Å². The molecule has 1 aromatic rings. The summed E-state index contributed by atoms with van der Waals surface area (Å²) < 4.78 is 0. The van der Waals surface area contributed by atoms with E-state index in [4.69, 9.17) is 0 Å². The van der Waals surface area contributed by atoms with Gasteiger partial charge >= 0.3 is 6.03 Å². The SMILES string of the molecule is O=C(NCC1(O)CSCCSC1)Nc1cccs1. The van der Waals surface area contributed by atoms with Crippen LogP contribution in [-0.4, -0.2) is 46.3 Å². The van der Waals surface area contributed by atoms with Crippen LogP contribution in [0.25, 0.3) is 0 Å². The fraction of sp³-hybridized carbons (Fsp3) is 0.545. The highest BCUT2D eigenvalue weighted by molar-refractivity contribution is 8.03. The van der Waals surface area contributed by atoms with Crippen molar-refractivity contribution < 1.29 is 9.90 Å². The molecule has 18 heavy (non-hydrogen) atoms. The number of amides is 2. The van der Waals surface area contributed by atoms with Gasteiger partial charge in [0.25, 0.3) is 0 Å².